The molecule has 0 unspecified atom stereocenters. The van der Waals surface area contributed by atoms with Gasteiger partial charge in [0.1, 0.15) is 0 Å². The largest absolute Gasteiger partial charge is 0.308 e. The normalized spacial score (nSPS) is 13.7. The standard InChI is InChI=1S/C58H35N5S/c1-3-18-36(19-4-1)55-59-56(43-26-17-30-47-52(43)42-25-9-13-29-46(42)58(47)44-27-11-7-22-38(44)39-23-8-12-28-45(39)58)61-57(60-55)63-49-32-15-16-33-51(49)64-54-50(63)35-34-41-40-24-10-14-31-48(40)62(53(41)54)37-20-5-2-6-21-37/h1-35H. The molecule has 0 N–H and O–H groups in total. The molecule has 3 aliphatic rings. The van der Waals surface area contributed by atoms with Crippen molar-refractivity contribution in [3.63, 3.8) is 0 Å². The van der Waals surface area contributed by atoms with Crippen LogP contribution in [-0.2, 0) is 5.41 Å². The Morgan fingerprint density at radius 1 is 0.406 bits per heavy atom. The Balaban J connectivity index is 1.05. The minimum Gasteiger partial charge on any atom is -0.308 e. The first kappa shape index (κ1) is 35.5. The average molecular weight is 834 g/mol. The van der Waals surface area contributed by atoms with E-state index in [0.717, 1.165) is 49.1 Å². The molecule has 11 aromatic rings. The molecule has 2 aliphatic carbocycles. The van der Waals surface area contributed by atoms with E-state index in [9.17, 15) is 0 Å². The van der Waals surface area contributed by atoms with Crippen LogP contribution in [0.1, 0.15) is 22.3 Å². The Kier molecular flexibility index (Phi) is 7.48. The number of rotatable bonds is 4. The summed E-state index contributed by atoms with van der Waals surface area (Å²) in [5.74, 6) is 1.81. The Morgan fingerprint density at radius 2 is 1.00 bits per heavy atom. The topological polar surface area (TPSA) is 46.8 Å². The fraction of sp³-hybridized carbons (Fsp3) is 0.0172. The monoisotopic (exact) mass is 833 g/mol. The molecule has 0 saturated heterocycles. The third kappa shape index (κ3) is 4.77. The molecule has 64 heavy (non-hydrogen) atoms. The number of benzene rings is 9. The molecule has 298 valence electrons. The molecule has 0 bridgehead atoms. The number of fused-ring (bicyclic) bond motifs is 16. The van der Waals surface area contributed by atoms with Gasteiger partial charge in [-0.2, -0.15) is 9.97 Å². The summed E-state index contributed by atoms with van der Waals surface area (Å²) >= 11 is 1.81. The molecule has 1 aliphatic heterocycles. The van der Waals surface area contributed by atoms with Crippen molar-refractivity contribution >= 4 is 50.9 Å². The maximum absolute atomic E-state index is 5.60. The molecule has 0 amide bonds. The molecule has 9 aromatic carbocycles. The molecule has 1 spiro atoms. The lowest BCUT2D eigenvalue weighted by molar-refractivity contribution is 0.794. The summed E-state index contributed by atoms with van der Waals surface area (Å²) in [6, 6.07) is 76.4. The smallest absolute Gasteiger partial charge is 0.238 e. The van der Waals surface area contributed by atoms with Crippen molar-refractivity contribution < 1.29 is 0 Å². The van der Waals surface area contributed by atoms with Crippen LogP contribution < -0.4 is 4.90 Å². The van der Waals surface area contributed by atoms with Crippen LogP contribution in [-0.4, -0.2) is 19.5 Å². The fourth-order valence-electron chi connectivity index (χ4n) is 11.0. The van der Waals surface area contributed by atoms with Gasteiger partial charge in [0.15, 0.2) is 11.6 Å². The summed E-state index contributed by atoms with van der Waals surface area (Å²) < 4.78 is 2.41. The molecule has 14 rings (SSSR count). The summed E-state index contributed by atoms with van der Waals surface area (Å²) in [4.78, 5) is 20.9. The zero-order valence-corrected chi connectivity index (χ0v) is 35.2. The van der Waals surface area contributed by atoms with Crippen LogP contribution >= 0.6 is 11.8 Å². The van der Waals surface area contributed by atoms with Crippen molar-refractivity contribution in [2.75, 3.05) is 4.90 Å². The predicted molar refractivity (Wildman–Crippen MR) is 260 cm³/mol. The predicted octanol–water partition coefficient (Wildman–Crippen LogP) is 14.6. The van der Waals surface area contributed by atoms with Gasteiger partial charge < -0.3 is 4.57 Å². The Labute approximate surface area is 374 Å². The van der Waals surface area contributed by atoms with E-state index in [1.165, 1.54) is 55.2 Å². The van der Waals surface area contributed by atoms with Gasteiger partial charge in [0.25, 0.3) is 0 Å². The molecule has 0 saturated carbocycles. The number of hydrogen-bond donors (Lipinski definition) is 0. The van der Waals surface area contributed by atoms with E-state index >= 15 is 0 Å². The molecular weight excluding hydrogens is 799 g/mol. The van der Waals surface area contributed by atoms with Crippen molar-refractivity contribution in [3.05, 3.63) is 235 Å². The zero-order valence-electron chi connectivity index (χ0n) is 34.4. The van der Waals surface area contributed by atoms with Crippen molar-refractivity contribution in [1.82, 2.24) is 19.5 Å². The second kappa shape index (κ2) is 13.5. The highest BCUT2D eigenvalue weighted by Crippen LogP contribution is 2.64. The molecule has 2 aromatic heterocycles. The maximum Gasteiger partial charge on any atom is 0.238 e. The van der Waals surface area contributed by atoms with E-state index in [4.69, 9.17) is 15.0 Å². The highest BCUT2D eigenvalue weighted by Gasteiger charge is 2.52. The van der Waals surface area contributed by atoms with E-state index in [2.05, 4.69) is 216 Å². The highest BCUT2D eigenvalue weighted by molar-refractivity contribution is 8.00. The molecule has 6 heteroatoms. The summed E-state index contributed by atoms with van der Waals surface area (Å²) in [7, 11) is 0. The van der Waals surface area contributed by atoms with Gasteiger partial charge >= 0.3 is 0 Å². The molecule has 5 nitrogen and oxygen atoms in total. The number of aromatic nitrogens is 4. The van der Waals surface area contributed by atoms with Crippen molar-refractivity contribution in [2.24, 2.45) is 0 Å². The first-order valence-electron chi connectivity index (χ1n) is 21.7. The lowest BCUT2D eigenvalue weighted by atomic mass is 9.70. The quantitative estimate of drug-likeness (QED) is 0.177. The summed E-state index contributed by atoms with van der Waals surface area (Å²) in [6.07, 6.45) is 0. The number of nitrogens with zero attached hydrogens (tertiary/aromatic N) is 5. The second-order valence-electron chi connectivity index (χ2n) is 16.7. The number of hydrogen-bond acceptors (Lipinski definition) is 5. The van der Waals surface area contributed by atoms with Gasteiger partial charge in [-0.3, -0.25) is 4.90 Å². The fourth-order valence-corrected chi connectivity index (χ4v) is 12.1. The van der Waals surface area contributed by atoms with E-state index < -0.39 is 5.41 Å². The van der Waals surface area contributed by atoms with E-state index in [0.29, 0.717) is 17.6 Å². The minimum absolute atomic E-state index is 0.488. The van der Waals surface area contributed by atoms with Crippen LogP contribution in [0.25, 0.3) is 72.5 Å². The van der Waals surface area contributed by atoms with Crippen LogP contribution in [0, 0.1) is 0 Å². The van der Waals surface area contributed by atoms with Crippen LogP contribution in [0.3, 0.4) is 0 Å². The zero-order chi connectivity index (χ0) is 41.9. The van der Waals surface area contributed by atoms with Gasteiger partial charge in [-0.15, -0.1) is 0 Å². The average Bonchev–Trinajstić information content (AvgIpc) is 3.98. The first-order chi connectivity index (χ1) is 31.8. The van der Waals surface area contributed by atoms with Crippen molar-refractivity contribution in [3.8, 4) is 50.7 Å². The van der Waals surface area contributed by atoms with Crippen molar-refractivity contribution in [2.45, 2.75) is 15.2 Å². The second-order valence-corrected chi connectivity index (χ2v) is 17.7. The third-order valence-electron chi connectivity index (χ3n) is 13.5. The van der Waals surface area contributed by atoms with Gasteiger partial charge in [0.2, 0.25) is 5.95 Å². The SMILES string of the molecule is c1ccc(-c2nc(-c3cccc4c3-c3ccccc3C43c4ccccc4-c4ccccc43)nc(N3c4ccccc4Sc4c3ccc3c5ccccc5n(-c5ccccc5)c43)n2)cc1. The Hall–Kier alpha value is -8.06. The molecule has 0 fully saturated rings. The van der Waals surface area contributed by atoms with Gasteiger partial charge in [-0.1, -0.05) is 188 Å². The van der Waals surface area contributed by atoms with Crippen LogP contribution in [0.15, 0.2) is 222 Å². The van der Waals surface area contributed by atoms with Crippen LogP contribution in [0.5, 0.6) is 0 Å². The first-order valence-corrected chi connectivity index (χ1v) is 22.5. The Bertz CT molecular complexity index is 3680. The van der Waals surface area contributed by atoms with Gasteiger partial charge in [-0.05, 0) is 80.9 Å². The van der Waals surface area contributed by atoms with Gasteiger partial charge in [0.05, 0.1) is 32.7 Å². The lowest BCUT2D eigenvalue weighted by Gasteiger charge is -2.32. The van der Waals surface area contributed by atoms with Crippen LogP contribution in [0.2, 0.25) is 0 Å². The molecule has 0 atom stereocenters. The van der Waals surface area contributed by atoms with Gasteiger partial charge in [-0.25, -0.2) is 4.98 Å². The number of anilines is 3. The lowest BCUT2D eigenvalue weighted by Crippen LogP contribution is -2.25. The van der Waals surface area contributed by atoms with Crippen molar-refractivity contribution in [1.29, 1.82) is 0 Å². The molecule has 0 radical (unpaired) electrons. The number of para-hydroxylation sites is 3. The molecular formula is C58H35N5S. The summed E-state index contributed by atoms with van der Waals surface area (Å²) in [5, 5.41) is 2.42. The van der Waals surface area contributed by atoms with E-state index in [1.54, 1.807) is 0 Å². The molecule has 3 heterocycles. The van der Waals surface area contributed by atoms with E-state index in [-0.39, 0.29) is 0 Å². The summed E-state index contributed by atoms with van der Waals surface area (Å²) in [5.41, 5.74) is 16.9. The highest BCUT2D eigenvalue weighted by atomic mass is 32.2. The van der Waals surface area contributed by atoms with E-state index in [1.807, 2.05) is 17.8 Å². The Morgan fingerprint density at radius 3 is 1.78 bits per heavy atom. The maximum atomic E-state index is 5.60. The summed E-state index contributed by atoms with van der Waals surface area (Å²) in [6.45, 7) is 0. The van der Waals surface area contributed by atoms with Crippen LogP contribution in [0.4, 0.5) is 17.3 Å². The van der Waals surface area contributed by atoms with Gasteiger partial charge in [0, 0.05) is 32.5 Å². The third-order valence-corrected chi connectivity index (χ3v) is 14.6. The minimum atomic E-state index is -0.488.